The van der Waals surface area contributed by atoms with E-state index in [9.17, 15) is 9.90 Å². The number of nitrogens with zero attached hydrogens (tertiary/aromatic N) is 1. The molecule has 1 N–H and O–H groups in total. The van der Waals surface area contributed by atoms with Gasteiger partial charge in [0.05, 0.1) is 6.10 Å². The molecular weight excluding hydrogens is 338 g/mol. The topological polar surface area (TPSA) is 49.8 Å². The van der Waals surface area contributed by atoms with E-state index in [-0.39, 0.29) is 12.2 Å². The number of rotatable bonds is 3. The summed E-state index contributed by atoms with van der Waals surface area (Å²) in [5.74, 6) is 0.423. The van der Waals surface area contributed by atoms with E-state index in [1.54, 1.807) is 4.90 Å². The maximum absolute atomic E-state index is 12.1. The minimum atomic E-state index is -0.446. The van der Waals surface area contributed by atoms with Crippen molar-refractivity contribution in [3.05, 3.63) is 41.0 Å². The van der Waals surface area contributed by atoms with E-state index in [1.165, 1.54) is 18.4 Å². The monoisotopic (exact) mass is 371 g/mol. The van der Waals surface area contributed by atoms with Gasteiger partial charge in [0.25, 0.3) is 0 Å². The molecule has 4 nitrogen and oxygen atoms in total. The number of hydrogen-bond acceptors (Lipinski definition) is 3. The lowest BCUT2D eigenvalue weighted by Gasteiger charge is -2.31. The Hall–Kier alpha value is -1.81. The summed E-state index contributed by atoms with van der Waals surface area (Å²) < 4.78 is 5.45. The lowest BCUT2D eigenvalue weighted by molar-refractivity contribution is 0.0237. The first kappa shape index (κ1) is 19.9. The van der Waals surface area contributed by atoms with Gasteiger partial charge in [0.15, 0.2) is 0 Å². The molecule has 1 saturated heterocycles. The van der Waals surface area contributed by atoms with E-state index < -0.39 is 5.60 Å². The first-order valence-corrected chi connectivity index (χ1v) is 10.3. The molecule has 1 aliphatic carbocycles. The number of piperidine rings is 1. The van der Waals surface area contributed by atoms with Crippen molar-refractivity contribution in [1.29, 1.82) is 0 Å². The van der Waals surface area contributed by atoms with Crippen LogP contribution in [-0.4, -0.2) is 34.8 Å². The van der Waals surface area contributed by atoms with Crippen LogP contribution in [0.2, 0.25) is 0 Å². The van der Waals surface area contributed by atoms with Crippen LogP contribution in [0.1, 0.15) is 76.5 Å². The van der Waals surface area contributed by atoms with E-state index in [2.05, 4.69) is 30.3 Å². The molecule has 1 aromatic carbocycles. The summed E-state index contributed by atoms with van der Waals surface area (Å²) in [5.41, 5.74) is 3.11. The fourth-order valence-corrected chi connectivity index (χ4v) is 4.02. The molecule has 1 unspecified atom stereocenters. The first-order chi connectivity index (χ1) is 12.8. The van der Waals surface area contributed by atoms with Gasteiger partial charge in [-0.25, -0.2) is 4.79 Å². The zero-order chi connectivity index (χ0) is 19.4. The lowest BCUT2D eigenvalue weighted by Crippen LogP contribution is -2.40. The number of aliphatic hydroxyl groups excluding tert-OH is 1. The largest absolute Gasteiger partial charge is 0.444 e. The predicted molar refractivity (Wildman–Crippen MR) is 108 cm³/mol. The standard InChI is InChI=1S/C23H33NO3/c1-23(2,3)27-22(26)24-14-12-18(13-15-24)16-17-8-10-20(11-9-17)21(25)19-6-4-5-7-19/h8-11,16,19,21,25H,4-7,12-15H2,1-3H3. The number of hydrogen-bond donors (Lipinski definition) is 1. The smallest absolute Gasteiger partial charge is 0.410 e. The van der Waals surface area contributed by atoms with Gasteiger partial charge in [0, 0.05) is 13.1 Å². The Morgan fingerprint density at radius 3 is 2.30 bits per heavy atom. The molecule has 148 valence electrons. The average Bonchev–Trinajstić information content (AvgIpc) is 3.15. The summed E-state index contributed by atoms with van der Waals surface area (Å²) in [7, 11) is 0. The summed E-state index contributed by atoms with van der Waals surface area (Å²) in [4.78, 5) is 13.9. The van der Waals surface area contributed by atoms with E-state index in [0.717, 1.165) is 36.8 Å². The third kappa shape index (κ3) is 5.58. The Morgan fingerprint density at radius 2 is 1.74 bits per heavy atom. The van der Waals surface area contributed by atoms with Gasteiger partial charge < -0.3 is 14.7 Å². The summed E-state index contributed by atoms with van der Waals surface area (Å²) in [5, 5.41) is 10.5. The molecule has 1 heterocycles. The van der Waals surface area contributed by atoms with Gasteiger partial charge in [-0.15, -0.1) is 0 Å². The molecule has 1 saturated carbocycles. The van der Waals surface area contributed by atoms with Gasteiger partial charge in [-0.05, 0) is 63.5 Å². The van der Waals surface area contributed by atoms with Crippen LogP contribution in [0.25, 0.3) is 6.08 Å². The number of aliphatic hydroxyl groups is 1. The van der Waals surface area contributed by atoms with Crippen molar-refractivity contribution in [3.8, 4) is 0 Å². The molecule has 1 aliphatic heterocycles. The van der Waals surface area contributed by atoms with Gasteiger partial charge in [-0.2, -0.15) is 0 Å². The van der Waals surface area contributed by atoms with Crippen molar-refractivity contribution < 1.29 is 14.6 Å². The predicted octanol–water partition coefficient (Wildman–Crippen LogP) is 5.32. The molecule has 2 fully saturated rings. The number of carbonyl (C=O) groups is 1. The molecule has 1 aromatic rings. The highest BCUT2D eigenvalue weighted by Gasteiger charge is 2.25. The van der Waals surface area contributed by atoms with Crippen LogP contribution < -0.4 is 0 Å². The number of likely N-dealkylation sites (tertiary alicyclic amines) is 1. The Bertz CT molecular complexity index is 656. The minimum Gasteiger partial charge on any atom is -0.444 e. The van der Waals surface area contributed by atoms with Crippen molar-refractivity contribution in [1.82, 2.24) is 4.90 Å². The van der Waals surface area contributed by atoms with Crippen LogP contribution in [0.5, 0.6) is 0 Å². The summed E-state index contributed by atoms with van der Waals surface area (Å²) >= 11 is 0. The van der Waals surface area contributed by atoms with E-state index in [0.29, 0.717) is 19.0 Å². The normalized spacial score (nSPS) is 19.9. The van der Waals surface area contributed by atoms with Gasteiger partial charge in [0.1, 0.15) is 5.60 Å². The number of carbonyl (C=O) groups excluding carboxylic acids is 1. The molecule has 0 spiro atoms. The molecular formula is C23H33NO3. The van der Waals surface area contributed by atoms with Crippen LogP contribution in [0, 0.1) is 5.92 Å². The van der Waals surface area contributed by atoms with Gasteiger partial charge in [0.2, 0.25) is 0 Å². The van der Waals surface area contributed by atoms with Crippen LogP contribution >= 0.6 is 0 Å². The van der Waals surface area contributed by atoms with E-state index in [1.807, 2.05) is 20.8 Å². The SMILES string of the molecule is CC(C)(C)OC(=O)N1CCC(=Cc2ccc(C(O)C3CCCC3)cc2)CC1. The summed E-state index contributed by atoms with van der Waals surface area (Å²) in [6, 6.07) is 8.32. The third-order valence-electron chi connectivity index (χ3n) is 5.55. The van der Waals surface area contributed by atoms with E-state index in [4.69, 9.17) is 4.74 Å². The molecule has 0 aromatic heterocycles. The van der Waals surface area contributed by atoms with Crippen molar-refractivity contribution in [3.63, 3.8) is 0 Å². The zero-order valence-corrected chi connectivity index (χ0v) is 16.9. The van der Waals surface area contributed by atoms with Crippen LogP contribution in [0.3, 0.4) is 0 Å². The second-order valence-corrected chi connectivity index (χ2v) is 8.93. The zero-order valence-electron chi connectivity index (χ0n) is 16.9. The average molecular weight is 372 g/mol. The second kappa shape index (κ2) is 8.47. The first-order valence-electron chi connectivity index (χ1n) is 10.3. The van der Waals surface area contributed by atoms with Crippen LogP contribution in [-0.2, 0) is 4.74 Å². The Labute approximate surface area is 163 Å². The molecule has 27 heavy (non-hydrogen) atoms. The highest BCUT2D eigenvalue weighted by atomic mass is 16.6. The number of benzene rings is 1. The maximum atomic E-state index is 12.1. The Balaban J connectivity index is 1.54. The quantitative estimate of drug-likeness (QED) is 0.782. The van der Waals surface area contributed by atoms with Crippen LogP contribution in [0.15, 0.2) is 29.8 Å². The van der Waals surface area contributed by atoms with E-state index >= 15 is 0 Å². The van der Waals surface area contributed by atoms with Gasteiger partial charge in [-0.1, -0.05) is 48.8 Å². The minimum absolute atomic E-state index is 0.216. The Kier molecular flexibility index (Phi) is 6.25. The number of amides is 1. The molecule has 1 atom stereocenters. The third-order valence-corrected chi connectivity index (χ3v) is 5.55. The van der Waals surface area contributed by atoms with Gasteiger partial charge in [-0.3, -0.25) is 0 Å². The van der Waals surface area contributed by atoms with Crippen molar-refractivity contribution in [2.75, 3.05) is 13.1 Å². The highest BCUT2D eigenvalue weighted by Crippen LogP contribution is 2.35. The van der Waals surface area contributed by atoms with Crippen molar-refractivity contribution >= 4 is 12.2 Å². The highest BCUT2D eigenvalue weighted by molar-refractivity contribution is 5.68. The number of ether oxygens (including phenoxy) is 1. The molecule has 3 rings (SSSR count). The van der Waals surface area contributed by atoms with Crippen LogP contribution in [0.4, 0.5) is 4.79 Å². The Morgan fingerprint density at radius 1 is 1.15 bits per heavy atom. The second-order valence-electron chi connectivity index (χ2n) is 8.93. The molecule has 0 bridgehead atoms. The fraction of sp³-hybridized carbons (Fsp3) is 0.609. The lowest BCUT2D eigenvalue weighted by atomic mass is 9.93. The molecule has 1 amide bonds. The summed E-state index contributed by atoms with van der Waals surface area (Å²) in [6.45, 7) is 7.10. The maximum Gasteiger partial charge on any atom is 0.410 e. The molecule has 0 radical (unpaired) electrons. The van der Waals surface area contributed by atoms with Crippen molar-refractivity contribution in [2.45, 2.75) is 71.0 Å². The van der Waals surface area contributed by atoms with Gasteiger partial charge >= 0.3 is 6.09 Å². The summed E-state index contributed by atoms with van der Waals surface area (Å²) in [6.07, 6.45) is 8.20. The molecule has 2 aliphatic rings. The van der Waals surface area contributed by atoms with Crippen molar-refractivity contribution in [2.24, 2.45) is 5.92 Å². The molecule has 4 heteroatoms. The fourth-order valence-electron chi connectivity index (χ4n) is 4.02.